The molecule has 17 heavy (non-hydrogen) atoms. The van der Waals surface area contributed by atoms with E-state index in [1.165, 1.54) is 0 Å². The van der Waals surface area contributed by atoms with Gasteiger partial charge in [0.2, 0.25) is 5.89 Å². The molecule has 0 fully saturated rings. The molecule has 0 saturated carbocycles. The van der Waals surface area contributed by atoms with E-state index >= 15 is 0 Å². The lowest BCUT2D eigenvalue weighted by atomic mass is 10.5. The Morgan fingerprint density at radius 3 is 2.71 bits per heavy atom. The standard InChI is InChI=1S/C8H11ClF3N3O2/c1-5(9)6-14-15-7(17-6)13-2-3-16-4-8(10,11)12/h5H,2-4H2,1H3,(H,13,15). The van der Waals surface area contributed by atoms with E-state index in [0.29, 0.717) is 0 Å². The van der Waals surface area contributed by atoms with Crippen LogP contribution in [0.4, 0.5) is 19.2 Å². The Morgan fingerprint density at radius 1 is 1.47 bits per heavy atom. The topological polar surface area (TPSA) is 60.2 Å². The van der Waals surface area contributed by atoms with Crippen LogP contribution in [0.25, 0.3) is 0 Å². The molecule has 1 unspecified atom stereocenters. The first-order valence-corrected chi connectivity index (χ1v) is 5.18. The maximum atomic E-state index is 11.7. The highest BCUT2D eigenvalue weighted by molar-refractivity contribution is 6.20. The lowest BCUT2D eigenvalue weighted by molar-refractivity contribution is -0.172. The molecule has 1 rings (SSSR count). The summed E-state index contributed by atoms with van der Waals surface area (Å²) < 4.78 is 44.5. The van der Waals surface area contributed by atoms with Crippen molar-refractivity contribution in [1.29, 1.82) is 0 Å². The molecule has 1 N–H and O–H groups in total. The second-order valence-electron chi connectivity index (χ2n) is 3.16. The summed E-state index contributed by atoms with van der Waals surface area (Å²) in [5.41, 5.74) is 0. The molecule has 0 saturated heterocycles. The first-order chi connectivity index (χ1) is 7.88. The second-order valence-corrected chi connectivity index (χ2v) is 3.81. The molecular weight excluding hydrogens is 263 g/mol. The van der Waals surface area contributed by atoms with Gasteiger partial charge >= 0.3 is 12.2 Å². The third-order valence-corrected chi connectivity index (χ3v) is 1.76. The van der Waals surface area contributed by atoms with Gasteiger partial charge in [0.25, 0.3) is 0 Å². The average molecular weight is 274 g/mol. The minimum absolute atomic E-state index is 0.100. The maximum absolute atomic E-state index is 11.7. The van der Waals surface area contributed by atoms with Crippen molar-refractivity contribution >= 4 is 17.6 Å². The van der Waals surface area contributed by atoms with Crippen LogP contribution in [-0.4, -0.2) is 36.1 Å². The number of alkyl halides is 4. The lowest BCUT2D eigenvalue weighted by Crippen LogP contribution is -2.20. The van der Waals surface area contributed by atoms with Crippen molar-refractivity contribution in [2.45, 2.75) is 18.5 Å². The molecule has 0 aliphatic heterocycles. The molecule has 1 heterocycles. The Hall–Kier alpha value is -1.02. The van der Waals surface area contributed by atoms with E-state index in [-0.39, 0.29) is 25.1 Å². The highest BCUT2D eigenvalue weighted by Gasteiger charge is 2.27. The van der Waals surface area contributed by atoms with Gasteiger partial charge in [0.1, 0.15) is 12.0 Å². The van der Waals surface area contributed by atoms with Crippen LogP contribution >= 0.6 is 11.6 Å². The predicted molar refractivity (Wildman–Crippen MR) is 53.9 cm³/mol. The highest BCUT2D eigenvalue weighted by Crippen LogP contribution is 2.19. The van der Waals surface area contributed by atoms with Gasteiger partial charge in [0, 0.05) is 6.54 Å². The molecule has 0 aliphatic carbocycles. The maximum Gasteiger partial charge on any atom is 0.411 e. The Bertz CT molecular complexity index is 343. The van der Waals surface area contributed by atoms with Gasteiger partial charge in [-0.05, 0) is 6.92 Å². The van der Waals surface area contributed by atoms with Crippen LogP contribution in [0.5, 0.6) is 0 Å². The fourth-order valence-corrected chi connectivity index (χ4v) is 0.973. The van der Waals surface area contributed by atoms with Crippen molar-refractivity contribution in [3.63, 3.8) is 0 Å². The number of halogens is 4. The minimum atomic E-state index is -4.31. The number of rotatable bonds is 6. The van der Waals surface area contributed by atoms with E-state index in [2.05, 4.69) is 20.3 Å². The third kappa shape index (κ3) is 5.73. The van der Waals surface area contributed by atoms with Crippen molar-refractivity contribution in [1.82, 2.24) is 10.2 Å². The fraction of sp³-hybridized carbons (Fsp3) is 0.750. The quantitative estimate of drug-likeness (QED) is 0.637. The summed E-state index contributed by atoms with van der Waals surface area (Å²) in [6.07, 6.45) is -4.31. The van der Waals surface area contributed by atoms with Gasteiger partial charge in [-0.2, -0.15) is 13.2 Å². The van der Waals surface area contributed by atoms with Gasteiger partial charge in [0.05, 0.1) is 6.61 Å². The Morgan fingerprint density at radius 2 is 2.18 bits per heavy atom. The molecular formula is C8H11ClF3N3O2. The van der Waals surface area contributed by atoms with E-state index < -0.39 is 18.2 Å². The van der Waals surface area contributed by atoms with Crippen LogP contribution < -0.4 is 5.32 Å². The van der Waals surface area contributed by atoms with E-state index in [4.69, 9.17) is 16.0 Å². The fourth-order valence-electron chi connectivity index (χ4n) is 0.885. The van der Waals surface area contributed by atoms with Crippen LogP contribution in [0, 0.1) is 0 Å². The third-order valence-electron chi connectivity index (χ3n) is 1.57. The van der Waals surface area contributed by atoms with Crippen molar-refractivity contribution in [2.75, 3.05) is 25.1 Å². The van der Waals surface area contributed by atoms with Crippen molar-refractivity contribution < 1.29 is 22.3 Å². The number of aromatic nitrogens is 2. The minimum Gasteiger partial charge on any atom is -0.407 e. The molecule has 0 aliphatic rings. The molecule has 1 aromatic rings. The van der Waals surface area contributed by atoms with Crippen LogP contribution in [0.2, 0.25) is 0 Å². The zero-order valence-electron chi connectivity index (χ0n) is 8.92. The van der Waals surface area contributed by atoms with Gasteiger partial charge in [-0.1, -0.05) is 5.10 Å². The van der Waals surface area contributed by atoms with E-state index in [9.17, 15) is 13.2 Å². The first-order valence-electron chi connectivity index (χ1n) is 4.74. The number of nitrogens with one attached hydrogen (secondary N) is 1. The smallest absolute Gasteiger partial charge is 0.407 e. The van der Waals surface area contributed by atoms with Gasteiger partial charge < -0.3 is 14.5 Å². The van der Waals surface area contributed by atoms with Crippen molar-refractivity contribution in [3.05, 3.63) is 5.89 Å². The summed E-state index contributed by atoms with van der Waals surface area (Å²) in [4.78, 5) is 0. The largest absolute Gasteiger partial charge is 0.411 e. The van der Waals surface area contributed by atoms with E-state index in [1.807, 2.05) is 0 Å². The average Bonchev–Trinajstić information content (AvgIpc) is 2.64. The molecule has 1 atom stereocenters. The molecule has 0 bridgehead atoms. The Kier molecular flexibility index (Phi) is 5.01. The van der Waals surface area contributed by atoms with Crippen molar-refractivity contribution in [2.24, 2.45) is 0 Å². The normalized spacial score (nSPS) is 13.7. The predicted octanol–water partition coefficient (Wildman–Crippen LogP) is 2.36. The molecule has 5 nitrogen and oxygen atoms in total. The molecule has 0 aromatic carbocycles. The Balaban J connectivity index is 2.18. The van der Waals surface area contributed by atoms with Crippen LogP contribution in [0.1, 0.15) is 18.2 Å². The number of hydrogen-bond donors (Lipinski definition) is 1. The van der Waals surface area contributed by atoms with Crippen molar-refractivity contribution in [3.8, 4) is 0 Å². The van der Waals surface area contributed by atoms with Crippen LogP contribution in [-0.2, 0) is 4.74 Å². The van der Waals surface area contributed by atoms with Gasteiger partial charge in [-0.25, -0.2) is 0 Å². The first kappa shape index (κ1) is 14.0. The number of ether oxygens (including phenoxy) is 1. The zero-order chi connectivity index (χ0) is 12.9. The monoisotopic (exact) mass is 273 g/mol. The SMILES string of the molecule is CC(Cl)c1nnc(NCCOCC(F)(F)F)o1. The lowest BCUT2D eigenvalue weighted by Gasteiger charge is -2.07. The van der Waals surface area contributed by atoms with Crippen LogP contribution in [0.15, 0.2) is 4.42 Å². The zero-order valence-corrected chi connectivity index (χ0v) is 9.68. The van der Waals surface area contributed by atoms with Gasteiger partial charge in [-0.3, -0.25) is 0 Å². The summed E-state index contributed by atoms with van der Waals surface area (Å²) in [6, 6.07) is 0.100. The molecule has 98 valence electrons. The molecule has 1 aromatic heterocycles. The molecule has 0 spiro atoms. The number of anilines is 1. The highest BCUT2D eigenvalue weighted by atomic mass is 35.5. The van der Waals surface area contributed by atoms with Gasteiger partial charge in [0.15, 0.2) is 0 Å². The summed E-state index contributed by atoms with van der Waals surface area (Å²) in [6.45, 7) is 0.399. The van der Waals surface area contributed by atoms with E-state index in [1.54, 1.807) is 6.92 Å². The Labute approximate surface area is 100 Å². The number of nitrogens with zero attached hydrogens (tertiary/aromatic N) is 2. The van der Waals surface area contributed by atoms with Gasteiger partial charge in [-0.15, -0.1) is 16.7 Å². The summed E-state index contributed by atoms with van der Waals surface area (Å²) in [5.74, 6) is 0.241. The van der Waals surface area contributed by atoms with E-state index in [0.717, 1.165) is 0 Å². The number of hydrogen-bond acceptors (Lipinski definition) is 5. The summed E-state index contributed by atoms with van der Waals surface area (Å²) in [7, 11) is 0. The summed E-state index contributed by atoms with van der Waals surface area (Å²) in [5, 5.41) is 9.41. The van der Waals surface area contributed by atoms with Crippen LogP contribution in [0.3, 0.4) is 0 Å². The summed E-state index contributed by atoms with van der Waals surface area (Å²) >= 11 is 5.68. The molecule has 0 amide bonds. The second kappa shape index (κ2) is 6.06. The molecule has 0 radical (unpaired) electrons. The molecule has 9 heteroatoms.